The van der Waals surface area contributed by atoms with E-state index in [4.69, 9.17) is 15.2 Å². The Bertz CT molecular complexity index is 1000. The SMILES string of the molecule is CCCN1C(C)=C(C(=O)OC)[C@]23C(=O)c4ccccc4[C@]12OC(N)=C3C#N. The lowest BCUT2D eigenvalue weighted by Crippen LogP contribution is -2.52. The summed E-state index contributed by atoms with van der Waals surface area (Å²) in [6.07, 6.45) is 0.741. The van der Waals surface area contributed by atoms with Crippen LogP contribution in [0.4, 0.5) is 0 Å². The Hall–Kier alpha value is -3.27. The summed E-state index contributed by atoms with van der Waals surface area (Å²) >= 11 is 0. The summed E-state index contributed by atoms with van der Waals surface area (Å²) in [4.78, 5) is 28.4. The molecule has 3 aliphatic rings. The maximum atomic E-state index is 13.7. The molecule has 0 amide bonds. The first-order chi connectivity index (χ1) is 12.9. The van der Waals surface area contributed by atoms with Gasteiger partial charge in [0.05, 0.1) is 12.7 Å². The van der Waals surface area contributed by atoms with Gasteiger partial charge in [0.2, 0.25) is 11.6 Å². The van der Waals surface area contributed by atoms with Crippen LogP contribution in [0.2, 0.25) is 0 Å². The average Bonchev–Trinajstić information content (AvgIpc) is 3.13. The molecule has 4 rings (SSSR count). The van der Waals surface area contributed by atoms with Gasteiger partial charge in [-0.2, -0.15) is 5.26 Å². The zero-order chi connectivity index (χ0) is 19.6. The number of benzene rings is 1. The summed E-state index contributed by atoms with van der Waals surface area (Å²) in [7, 11) is 1.25. The van der Waals surface area contributed by atoms with Crippen molar-refractivity contribution in [2.24, 2.45) is 11.1 Å². The Balaban J connectivity index is 2.17. The van der Waals surface area contributed by atoms with Crippen molar-refractivity contribution in [3.05, 3.63) is 58.1 Å². The molecule has 2 heterocycles. The molecule has 0 saturated heterocycles. The topological polar surface area (TPSA) is 106 Å². The van der Waals surface area contributed by atoms with Crippen molar-refractivity contribution in [3.8, 4) is 6.07 Å². The number of ether oxygens (including phenoxy) is 2. The van der Waals surface area contributed by atoms with E-state index in [-0.39, 0.29) is 22.8 Å². The van der Waals surface area contributed by atoms with Crippen LogP contribution in [0.5, 0.6) is 0 Å². The Morgan fingerprint density at radius 3 is 2.74 bits per heavy atom. The number of methoxy groups -OCH3 is 1. The van der Waals surface area contributed by atoms with Crippen molar-refractivity contribution in [2.45, 2.75) is 26.0 Å². The molecule has 27 heavy (non-hydrogen) atoms. The van der Waals surface area contributed by atoms with E-state index < -0.39 is 17.1 Å². The number of Topliss-reactive ketones (excluding diaryl/α,β-unsaturated/α-hetero) is 1. The van der Waals surface area contributed by atoms with Crippen molar-refractivity contribution < 1.29 is 19.1 Å². The monoisotopic (exact) mass is 365 g/mol. The lowest BCUT2D eigenvalue weighted by molar-refractivity contribution is -0.141. The van der Waals surface area contributed by atoms with Crippen LogP contribution < -0.4 is 5.73 Å². The van der Waals surface area contributed by atoms with Gasteiger partial charge in [-0.3, -0.25) is 4.79 Å². The second kappa shape index (κ2) is 5.36. The van der Waals surface area contributed by atoms with Gasteiger partial charge >= 0.3 is 5.97 Å². The Kier molecular flexibility index (Phi) is 3.41. The van der Waals surface area contributed by atoms with Crippen LogP contribution >= 0.6 is 0 Å². The van der Waals surface area contributed by atoms with Gasteiger partial charge in [0.25, 0.3) is 0 Å². The van der Waals surface area contributed by atoms with Gasteiger partial charge in [-0.1, -0.05) is 31.2 Å². The van der Waals surface area contributed by atoms with E-state index in [9.17, 15) is 14.9 Å². The quantitative estimate of drug-likeness (QED) is 0.816. The van der Waals surface area contributed by atoms with Gasteiger partial charge in [0.1, 0.15) is 11.6 Å². The summed E-state index contributed by atoms with van der Waals surface area (Å²) < 4.78 is 11.1. The van der Waals surface area contributed by atoms with Crippen LogP contribution in [-0.2, 0) is 20.0 Å². The number of rotatable bonds is 3. The standard InChI is InChI=1S/C20H19N3O4/c1-4-9-23-11(2)15(18(25)26-3)19-14(10-21)17(22)27-20(19,23)13-8-6-5-7-12(13)16(19)24/h5-8H,4,9,22H2,1-3H3/t19-,20-/m1/s1. The fourth-order valence-electron chi connectivity index (χ4n) is 4.89. The second-order valence-corrected chi connectivity index (χ2v) is 6.83. The number of carbonyl (C=O) groups excluding carboxylic acids is 2. The number of ketones is 1. The van der Waals surface area contributed by atoms with Crippen molar-refractivity contribution in [2.75, 3.05) is 13.7 Å². The highest BCUT2D eigenvalue weighted by Gasteiger charge is 2.80. The summed E-state index contributed by atoms with van der Waals surface area (Å²) in [5.41, 5.74) is 4.72. The van der Waals surface area contributed by atoms with Gasteiger partial charge in [0.15, 0.2) is 11.2 Å². The number of nitriles is 1. The molecule has 0 radical (unpaired) electrons. The zero-order valence-corrected chi connectivity index (χ0v) is 15.3. The molecule has 0 bridgehead atoms. The first-order valence-electron chi connectivity index (χ1n) is 8.74. The Morgan fingerprint density at radius 1 is 1.41 bits per heavy atom. The van der Waals surface area contributed by atoms with Crippen LogP contribution in [-0.4, -0.2) is 30.3 Å². The third kappa shape index (κ3) is 1.58. The molecule has 0 aromatic heterocycles. The molecule has 2 atom stereocenters. The molecule has 7 nitrogen and oxygen atoms in total. The molecule has 0 unspecified atom stereocenters. The minimum atomic E-state index is -1.65. The summed E-state index contributed by atoms with van der Waals surface area (Å²) in [5, 5.41) is 9.88. The molecule has 0 fully saturated rings. The van der Waals surface area contributed by atoms with Crippen LogP contribution in [0.25, 0.3) is 0 Å². The van der Waals surface area contributed by atoms with Gasteiger partial charge in [-0.05, 0) is 13.3 Å². The van der Waals surface area contributed by atoms with E-state index in [0.29, 0.717) is 23.4 Å². The summed E-state index contributed by atoms with van der Waals surface area (Å²) in [6.45, 7) is 4.25. The van der Waals surface area contributed by atoms with Crippen molar-refractivity contribution in [1.82, 2.24) is 4.90 Å². The third-order valence-corrected chi connectivity index (χ3v) is 5.74. The number of allylic oxidation sites excluding steroid dienone is 1. The normalized spacial score (nSPS) is 27.9. The smallest absolute Gasteiger partial charge is 0.337 e. The lowest BCUT2D eigenvalue weighted by Gasteiger charge is -2.41. The molecule has 2 aliphatic heterocycles. The van der Waals surface area contributed by atoms with Gasteiger partial charge in [-0.15, -0.1) is 0 Å². The predicted octanol–water partition coefficient (Wildman–Crippen LogP) is 1.92. The van der Waals surface area contributed by atoms with E-state index in [1.165, 1.54) is 7.11 Å². The number of fused-ring (bicyclic) bond motifs is 1. The maximum Gasteiger partial charge on any atom is 0.337 e. The van der Waals surface area contributed by atoms with Crippen molar-refractivity contribution in [1.29, 1.82) is 5.26 Å². The van der Waals surface area contributed by atoms with Crippen molar-refractivity contribution in [3.63, 3.8) is 0 Å². The number of carbonyl (C=O) groups is 2. The van der Waals surface area contributed by atoms with Crippen LogP contribution in [0.1, 0.15) is 36.2 Å². The molecule has 1 aromatic carbocycles. The molecular weight excluding hydrogens is 346 g/mol. The molecular formula is C20H19N3O4. The summed E-state index contributed by atoms with van der Waals surface area (Å²) in [6, 6.07) is 9.07. The van der Waals surface area contributed by atoms with Crippen LogP contribution in [0.3, 0.4) is 0 Å². The zero-order valence-electron chi connectivity index (χ0n) is 15.3. The molecule has 7 heteroatoms. The highest BCUT2D eigenvalue weighted by molar-refractivity contribution is 6.17. The van der Waals surface area contributed by atoms with Crippen LogP contribution in [0, 0.1) is 16.7 Å². The highest BCUT2D eigenvalue weighted by Crippen LogP contribution is 2.70. The first kappa shape index (κ1) is 17.2. The molecule has 2 N–H and O–H groups in total. The first-order valence-corrected chi connectivity index (χ1v) is 8.74. The van der Waals surface area contributed by atoms with Gasteiger partial charge in [-0.25, -0.2) is 4.79 Å². The predicted molar refractivity (Wildman–Crippen MR) is 94.5 cm³/mol. The van der Waals surface area contributed by atoms with E-state index in [2.05, 4.69) is 0 Å². The van der Waals surface area contributed by atoms with Crippen LogP contribution in [0.15, 0.2) is 47.0 Å². The Labute approximate surface area is 156 Å². The van der Waals surface area contributed by atoms with E-state index in [1.54, 1.807) is 31.2 Å². The number of nitrogens with zero attached hydrogens (tertiary/aromatic N) is 2. The number of hydrogen-bond acceptors (Lipinski definition) is 7. The number of hydrogen-bond donors (Lipinski definition) is 1. The maximum absolute atomic E-state index is 13.7. The van der Waals surface area contributed by atoms with E-state index in [1.807, 2.05) is 17.9 Å². The minimum absolute atomic E-state index is 0.0398. The molecule has 0 spiro atoms. The average molecular weight is 365 g/mol. The Morgan fingerprint density at radius 2 is 2.11 bits per heavy atom. The van der Waals surface area contributed by atoms with Crippen molar-refractivity contribution >= 4 is 11.8 Å². The fraction of sp³-hybridized carbons (Fsp3) is 0.350. The fourth-order valence-corrected chi connectivity index (χ4v) is 4.89. The van der Waals surface area contributed by atoms with Gasteiger partial charge in [0, 0.05) is 23.4 Å². The van der Waals surface area contributed by atoms with E-state index >= 15 is 0 Å². The largest absolute Gasteiger partial charge is 0.466 e. The molecule has 1 aliphatic carbocycles. The minimum Gasteiger partial charge on any atom is -0.466 e. The number of nitrogens with two attached hydrogens (primary N) is 1. The molecule has 138 valence electrons. The van der Waals surface area contributed by atoms with E-state index in [0.717, 1.165) is 6.42 Å². The number of esters is 1. The lowest BCUT2D eigenvalue weighted by atomic mass is 9.68. The second-order valence-electron chi connectivity index (χ2n) is 6.83. The summed E-state index contributed by atoms with van der Waals surface area (Å²) in [5.74, 6) is -1.16. The van der Waals surface area contributed by atoms with Gasteiger partial charge < -0.3 is 20.1 Å². The highest BCUT2D eigenvalue weighted by atomic mass is 16.5. The molecule has 0 saturated carbocycles. The molecule has 1 aromatic rings. The third-order valence-electron chi connectivity index (χ3n) is 5.74.